The second kappa shape index (κ2) is 9.43. The number of carbonyl (C=O) groups excluding carboxylic acids is 1. The Morgan fingerprint density at radius 2 is 1.90 bits per heavy atom. The molecule has 2 heterocycles. The van der Waals surface area contributed by atoms with Gasteiger partial charge in [0.2, 0.25) is 0 Å². The van der Waals surface area contributed by atoms with E-state index in [9.17, 15) is 4.79 Å². The smallest absolute Gasteiger partial charge is 0.255 e. The maximum atomic E-state index is 12.8. The molecule has 7 nitrogen and oxygen atoms in total. The van der Waals surface area contributed by atoms with E-state index >= 15 is 0 Å². The van der Waals surface area contributed by atoms with E-state index in [4.69, 9.17) is 9.47 Å². The van der Waals surface area contributed by atoms with Crippen LogP contribution in [0.15, 0.2) is 36.5 Å². The summed E-state index contributed by atoms with van der Waals surface area (Å²) in [6.45, 7) is 5.86. The van der Waals surface area contributed by atoms with Crippen molar-refractivity contribution in [1.29, 1.82) is 0 Å². The quantitative estimate of drug-likeness (QED) is 0.809. The average molecular weight is 396 g/mol. The maximum Gasteiger partial charge on any atom is 0.255 e. The summed E-state index contributed by atoms with van der Waals surface area (Å²) < 4.78 is 10.8. The SMILES string of the molecule is C/C=C/c1cc(C(=O)Nc2ccc(N3CCN(C)CC3)nc2)cc(OC)c1OC. The van der Waals surface area contributed by atoms with Crippen LogP contribution in [-0.2, 0) is 0 Å². The molecule has 0 bridgehead atoms. The monoisotopic (exact) mass is 396 g/mol. The molecule has 154 valence electrons. The number of hydrogen-bond acceptors (Lipinski definition) is 6. The third kappa shape index (κ3) is 4.86. The molecule has 1 aliphatic heterocycles. The van der Waals surface area contributed by atoms with Crippen LogP contribution in [0, 0.1) is 0 Å². The highest BCUT2D eigenvalue weighted by molar-refractivity contribution is 6.05. The van der Waals surface area contributed by atoms with Crippen molar-refractivity contribution in [2.75, 3.05) is 57.7 Å². The fourth-order valence-electron chi connectivity index (χ4n) is 3.31. The molecule has 2 aromatic rings. The molecule has 0 aliphatic carbocycles. The molecule has 0 unspecified atom stereocenters. The molecule has 1 amide bonds. The standard InChI is InChI=1S/C22H28N4O3/c1-5-6-16-13-17(14-19(28-3)21(16)29-4)22(27)24-18-7-8-20(23-15-18)26-11-9-25(2)10-12-26/h5-8,13-15H,9-12H2,1-4H3,(H,24,27)/b6-5+. The highest BCUT2D eigenvalue weighted by Crippen LogP contribution is 2.33. The lowest BCUT2D eigenvalue weighted by Gasteiger charge is -2.33. The van der Waals surface area contributed by atoms with Crippen molar-refractivity contribution >= 4 is 23.5 Å². The van der Waals surface area contributed by atoms with Crippen molar-refractivity contribution in [2.24, 2.45) is 0 Å². The number of pyridine rings is 1. The van der Waals surface area contributed by atoms with Crippen molar-refractivity contribution in [2.45, 2.75) is 6.92 Å². The van der Waals surface area contributed by atoms with Crippen molar-refractivity contribution < 1.29 is 14.3 Å². The molecule has 0 radical (unpaired) electrons. The predicted octanol–water partition coefficient (Wildman–Crippen LogP) is 3.14. The molecule has 0 saturated carbocycles. The second-order valence-corrected chi connectivity index (χ2v) is 6.95. The molecule has 0 spiro atoms. The van der Waals surface area contributed by atoms with Crippen LogP contribution in [0.2, 0.25) is 0 Å². The van der Waals surface area contributed by atoms with E-state index in [-0.39, 0.29) is 5.91 Å². The summed E-state index contributed by atoms with van der Waals surface area (Å²) in [5.74, 6) is 1.81. The summed E-state index contributed by atoms with van der Waals surface area (Å²) in [5.41, 5.74) is 1.91. The normalized spacial score (nSPS) is 14.8. The first-order valence-electron chi connectivity index (χ1n) is 9.65. The average Bonchev–Trinajstić information content (AvgIpc) is 2.74. The summed E-state index contributed by atoms with van der Waals surface area (Å²) in [6, 6.07) is 7.28. The van der Waals surface area contributed by atoms with Gasteiger partial charge in [-0.2, -0.15) is 0 Å². The number of nitrogens with one attached hydrogen (secondary N) is 1. The van der Waals surface area contributed by atoms with Gasteiger partial charge in [0.05, 0.1) is 26.1 Å². The summed E-state index contributed by atoms with van der Waals surface area (Å²) in [4.78, 5) is 21.9. The van der Waals surface area contributed by atoms with E-state index in [1.165, 1.54) is 0 Å². The molecular weight excluding hydrogens is 368 g/mol. The van der Waals surface area contributed by atoms with E-state index in [1.807, 2.05) is 31.2 Å². The Balaban J connectivity index is 1.75. The van der Waals surface area contributed by atoms with Gasteiger partial charge in [0.25, 0.3) is 5.91 Å². The number of rotatable bonds is 6. The van der Waals surface area contributed by atoms with Crippen LogP contribution in [0.5, 0.6) is 11.5 Å². The first-order chi connectivity index (χ1) is 14.0. The van der Waals surface area contributed by atoms with Crippen molar-refractivity contribution in [3.05, 3.63) is 47.7 Å². The van der Waals surface area contributed by atoms with Gasteiger partial charge in [0, 0.05) is 37.3 Å². The molecule has 1 aliphatic rings. The number of likely N-dealkylation sites (N-methyl/N-ethyl adjacent to an activating group) is 1. The topological polar surface area (TPSA) is 66.9 Å². The number of aromatic nitrogens is 1. The number of carbonyl (C=O) groups is 1. The number of benzene rings is 1. The van der Waals surface area contributed by atoms with Gasteiger partial charge in [-0.15, -0.1) is 0 Å². The van der Waals surface area contributed by atoms with Crippen LogP contribution in [0.4, 0.5) is 11.5 Å². The van der Waals surface area contributed by atoms with E-state index in [0.717, 1.165) is 37.6 Å². The zero-order chi connectivity index (χ0) is 20.8. The Labute approximate surface area is 171 Å². The lowest BCUT2D eigenvalue weighted by Crippen LogP contribution is -2.44. The van der Waals surface area contributed by atoms with E-state index in [2.05, 4.69) is 27.1 Å². The van der Waals surface area contributed by atoms with Gasteiger partial charge in [-0.3, -0.25) is 4.79 Å². The van der Waals surface area contributed by atoms with Crippen LogP contribution in [0.1, 0.15) is 22.8 Å². The largest absolute Gasteiger partial charge is 0.493 e. The van der Waals surface area contributed by atoms with Gasteiger partial charge in [-0.25, -0.2) is 4.98 Å². The Kier molecular flexibility index (Phi) is 6.72. The van der Waals surface area contributed by atoms with Crippen LogP contribution in [0.3, 0.4) is 0 Å². The predicted molar refractivity (Wildman–Crippen MR) is 116 cm³/mol. The zero-order valence-corrected chi connectivity index (χ0v) is 17.4. The summed E-state index contributed by atoms with van der Waals surface area (Å²) in [5, 5.41) is 2.90. The number of ether oxygens (including phenoxy) is 2. The number of nitrogens with zero attached hydrogens (tertiary/aromatic N) is 3. The Hall–Kier alpha value is -3.06. The molecular formula is C22H28N4O3. The zero-order valence-electron chi connectivity index (χ0n) is 17.4. The molecule has 1 fully saturated rings. The number of allylic oxidation sites excluding steroid dienone is 1. The van der Waals surface area contributed by atoms with Gasteiger partial charge in [0.1, 0.15) is 5.82 Å². The Bertz CT molecular complexity index is 872. The van der Waals surface area contributed by atoms with Crippen LogP contribution < -0.4 is 19.7 Å². The van der Waals surface area contributed by atoms with Crippen molar-refractivity contribution in [1.82, 2.24) is 9.88 Å². The number of hydrogen-bond donors (Lipinski definition) is 1. The minimum Gasteiger partial charge on any atom is -0.493 e. The lowest BCUT2D eigenvalue weighted by molar-refractivity contribution is 0.102. The molecule has 1 aromatic heterocycles. The minimum absolute atomic E-state index is 0.231. The second-order valence-electron chi connectivity index (χ2n) is 6.95. The number of methoxy groups -OCH3 is 2. The van der Waals surface area contributed by atoms with Gasteiger partial charge in [0.15, 0.2) is 11.5 Å². The van der Waals surface area contributed by atoms with Crippen LogP contribution in [-0.4, -0.2) is 63.2 Å². The molecule has 29 heavy (non-hydrogen) atoms. The Morgan fingerprint density at radius 1 is 1.14 bits per heavy atom. The van der Waals surface area contributed by atoms with Gasteiger partial charge < -0.3 is 24.6 Å². The highest BCUT2D eigenvalue weighted by atomic mass is 16.5. The van der Waals surface area contributed by atoms with Gasteiger partial charge in [-0.1, -0.05) is 12.2 Å². The summed E-state index contributed by atoms with van der Waals surface area (Å²) in [7, 11) is 5.26. The molecule has 7 heteroatoms. The molecule has 1 aromatic carbocycles. The fourth-order valence-corrected chi connectivity index (χ4v) is 3.31. The van der Waals surface area contributed by atoms with E-state index < -0.39 is 0 Å². The van der Waals surface area contributed by atoms with Crippen molar-refractivity contribution in [3.8, 4) is 11.5 Å². The maximum absolute atomic E-state index is 12.8. The summed E-state index contributed by atoms with van der Waals surface area (Å²) in [6.07, 6.45) is 5.46. The van der Waals surface area contributed by atoms with Crippen LogP contribution in [0.25, 0.3) is 6.08 Å². The van der Waals surface area contributed by atoms with Crippen LogP contribution >= 0.6 is 0 Å². The summed E-state index contributed by atoms with van der Waals surface area (Å²) >= 11 is 0. The minimum atomic E-state index is -0.231. The third-order valence-corrected chi connectivity index (χ3v) is 4.95. The molecule has 1 N–H and O–H groups in total. The number of anilines is 2. The number of piperazine rings is 1. The highest BCUT2D eigenvalue weighted by Gasteiger charge is 2.17. The van der Waals surface area contributed by atoms with Gasteiger partial charge >= 0.3 is 0 Å². The third-order valence-electron chi connectivity index (χ3n) is 4.95. The first-order valence-corrected chi connectivity index (χ1v) is 9.65. The van der Waals surface area contributed by atoms with Gasteiger partial charge in [-0.05, 0) is 38.2 Å². The number of amides is 1. The molecule has 1 saturated heterocycles. The fraction of sp³-hybridized carbons (Fsp3) is 0.364. The van der Waals surface area contributed by atoms with Crippen molar-refractivity contribution in [3.63, 3.8) is 0 Å². The molecule has 0 atom stereocenters. The first kappa shape index (κ1) is 20.7. The molecule has 3 rings (SSSR count). The van der Waals surface area contributed by atoms with E-state index in [1.54, 1.807) is 32.5 Å². The lowest BCUT2D eigenvalue weighted by atomic mass is 10.1. The van der Waals surface area contributed by atoms with E-state index in [0.29, 0.717) is 22.7 Å². The Morgan fingerprint density at radius 3 is 2.48 bits per heavy atom.